The maximum absolute atomic E-state index is 13.4. The predicted molar refractivity (Wildman–Crippen MR) is 124 cm³/mol. The summed E-state index contributed by atoms with van der Waals surface area (Å²) in [4.78, 5) is 13.4. The number of hydrogen-bond acceptors (Lipinski definition) is 4. The van der Waals surface area contributed by atoms with Crippen molar-refractivity contribution in [1.82, 2.24) is 9.62 Å². The van der Waals surface area contributed by atoms with Crippen LogP contribution < -0.4 is 10.1 Å². The lowest BCUT2D eigenvalue weighted by molar-refractivity contribution is -0.132. The van der Waals surface area contributed by atoms with Crippen molar-refractivity contribution in [2.24, 2.45) is 5.41 Å². The molecular formula is C25H32N2O4S. The SMILES string of the molecule is COc1cccc(CNC(=O)[C@@]2(C)CCCN(S(=O)(=O)c3ccc4c(c3)CCCC4)C2)c1. The van der Waals surface area contributed by atoms with Crippen LogP contribution in [-0.4, -0.2) is 38.8 Å². The lowest BCUT2D eigenvalue weighted by Gasteiger charge is -2.38. The van der Waals surface area contributed by atoms with Gasteiger partial charge in [-0.25, -0.2) is 8.42 Å². The number of piperidine rings is 1. The molecule has 1 aliphatic carbocycles. The molecule has 0 bridgehead atoms. The van der Waals surface area contributed by atoms with Crippen molar-refractivity contribution < 1.29 is 17.9 Å². The van der Waals surface area contributed by atoms with Crippen molar-refractivity contribution >= 4 is 15.9 Å². The topological polar surface area (TPSA) is 75.7 Å². The first kappa shape index (κ1) is 22.8. The first-order valence-corrected chi connectivity index (χ1v) is 12.8. The summed E-state index contributed by atoms with van der Waals surface area (Å²) < 4.78 is 33.6. The van der Waals surface area contributed by atoms with Crippen molar-refractivity contribution in [1.29, 1.82) is 0 Å². The molecule has 0 unspecified atom stereocenters. The molecule has 1 fully saturated rings. The third-order valence-electron chi connectivity index (χ3n) is 6.75. The van der Waals surface area contributed by atoms with E-state index in [2.05, 4.69) is 5.32 Å². The number of benzene rings is 2. The van der Waals surface area contributed by atoms with E-state index in [4.69, 9.17) is 4.74 Å². The summed E-state index contributed by atoms with van der Waals surface area (Å²) in [6, 6.07) is 13.1. The number of nitrogens with zero attached hydrogens (tertiary/aromatic N) is 1. The molecule has 6 nitrogen and oxygen atoms in total. The Balaban J connectivity index is 1.47. The molecule has 1 atom stereocenters. The summed E-state index contributed by atoms with van der Waals surface area (Å²) in [6.45, 7) is 2.88. The number of fused-ring (bicyclic) bond motifs is 1. The molecule has 1 heterocycles. The van der Waals surface area contributed by atoms with Crippen LogP contribution in [0.4, 0.5) is 0 Å². The number of ether oxygens (including phenoxy) is 1. The molecule has 32 heavy (non-hydrogen) atoms. The highest BCUT2D eigenvalue weighted by Gasteiger charge is 2.42. The smallest absolute Gasteiger partial charge is 0.243 e. The number of sulfonamides is 1. The summed E-state index contributed by atoms with van der Waals surface area (Å²) in [5.41, 5.74) is 2.58. The maximum Gasteiger partial charge on any atom is 0.243 e. The van der Waals surface area contributed by atoms with Gasteiger partial charge >= 0.3 is 0 Å². The molecule has 4 rings (SSSR count). The maximum atomic E-state index is 13.4. The quantitative estimate of drug-likeness (QED) is 0.720. The van der Waals surface area contributed by atoms with Gasteiger partial charge in [-0.3, -0.25) is 4.79 Å². The van der Waals surface area contributed by atoms with E-state index in [-0.39, 0.29) is 12.5 Å². The highest BCUT2D eigenvalue weighted by atomic mass is 32.2. The minimum Gasteiger partial charge on any atom is -0.497 e. The van der Waals surface area contributed by atoms with Gasteiger partial charge in [0.25, 0.3) is 0 Å². The Kier molecular flexibility index (Phi) is 6.58. The van der Waals surface area contributed by atoms with Crippen molar-refractivity contribution in [2.75, 3.05) is 20.2 Å². The van der Waals surface area contributed by atoms with Crippen LogP contribution in [0.25, 0.3) is 0 Å². The van der Waals surface area contributed by atoms with E-state index in [0.717, 1.165) is 42.6 Å². The first-order chi connectivity index (χ1) is 15.3. The number of methoxy groups -OCH3 is 1. The van der Waals surface area contributed by atoms with E-state index in [1.807, 2.05) is 43.3 Å². The molecule has 172 valence electrons. The summed E-state index contributed by atoms with van der Waals surface area (Å²) in [7, 11) is -2.03. The van der Waals surface area contributed by atoms with E-state index in [1.54, 1.807) is 13.2 Å². The van der Waals surface area contributed by atoms with Gasteiger partial charge in [-0.05, 0) is 86.4 Å². The van der Waals surface area contributed by atoms with Crippen molar-refractivity contribution in [3.63, 3.8) is 0 Å². The minimum atomic E-state index is -3.64. The molecule has 0 radical (unpaired) electrons. The molecule has 0 aromatic heterocycles. The molecule has 1 saturated heterocycles. The number of amides is 1. The largest absolute Gasteiger partial charge is 0.497 e. The number of carbonyl (C=O) groups excluding carboxylic acids is 1. The molecule has 7 heteroatoms. The number of rotatable bonds is 6. The number of aryl methyl sites for hydroxylation is 2. The monoisotopic (exact) mass is 456 g/mol. The number of carbonyl (C=O) groups is 1. The highest BCUT2D eigenvalue weighted by molar-refractivity contribution is 7.89. The Labute approximate surface area is 191 Å². The van der Waals surface area contributed by atoms with Gasteiger partial charge < -0.3 is 10.1 Å². The summed E-state index contributed by atoms with van der Waals surface area (Å²) >= 11 is 0. The van der Waals surface area contributed by atoms with Crippen LogP contribution in [0, 0.1) is 5.41 Å². The Bertz CT molecular complexity index is 1100. The van der Waals surface area contributed by atoms with Gasteiger partial charge in [0.1, 0.15) is 5.75 Å². The Morgan fingerprint density at radius 2 is 1.88 bits per heavy atom. The van der Waals surface area contributed by atoms with Gasteiger partial charge in [0.05, 0.1) is 17.4 Å². The van der Waals surface area contributed by atoms with Crippen LogP contribution in [0.5, 0.6) is 5.75 Å². The van der Waals surface area contributed by atoms with Crippen LogP contribution in [0.3, 0.4) is 0 Å². The van der Waals surface area contributed by atoms with Crippen LogP contribution >= 0.6 is 0 Å². The van der Waals surface area contributed by atoms with E-state index in [1.165, 1.54) is 9.87 Å². The molecule has 1 aliphatic heterocycles. The molecular weight excluding hydrogens is 424 g/mol. The Morgan fingerprint density at radius 3 is 2.66 bits per heavy atom. The molecule has 0 spiro atoms. The fraction of sp³-hybridized carbons (Fsp3) is 0.480. The highest BCUT2D eigenvalue weighted by Crippen LogP contribution is 2.34. The van der Waals surface area contributed by atoms with Crippen LogP contribution in [0.2, 0.25) is 0 Å². The Morgan fingerprint density at radius 1 is 1.09 bits per heavy atom. The van der Waals surface area contributed by atoms with Gasteiger partial charge in [0.2, 0.25) is 15.9 Å². The summed E-state index contributed by atoms with van der Waals surface area (Å²) in [5, 5.41) is 3.00. The fourth-order valence-electron chi connectivity index (χ4n) is 4.78. The molecule has 0 saturated carbocycles. The Hall–Kier alpha value is -2.38. The zero-order valence-corrected chi connectivity index (χ0v) is 19.7. The number of nitrogens with one attached hydrogen (secondary N) is 1. The van der Waals surface area contributed by atoms with Gasteiger partial charge in [-0.1, -0.05) is 18.2 Å². The predicted octanol–water partition coefficient (Wildman–Crippen LogP) is 3.68. The standard InChI is InChI=1S/C25H32N2O4S/c1-25(24(28)26-17-19-7-5-10-22(15-19)31-2)13-6-14-27(18-25)32(29,30)23-12-11-20-8-3-4-9-21(20)16-23/h5,7,10-12,15-16H,3-4,6,8-9,13-14,17-18H2,1-2H3,(H,26,28)/t25-/m0/s1. The fourth-order valence-corrected chi connectivity index (χ4v) is 6.43. The third-order valence-corrected chi connectivity index (χ3v) is 8.60. The van der Waals surface area contributed by atoms with Crippen LogP contribution in [0.1, 0.15) is 49.3 Å². The van der Waals surface area contributed by atoms with Crippen LogP contribution in [0.15, 0.2) is 47.4 Å². The average molecular weight is 457 g/mol. The van der Waals surface area contributed by atoms with Crippen molar-refractivity contribution in [2.45, 2.75) is 56.9 Å². The van der Waals surface area contributed by atoms with E-state index >= 15 is 0 Å². The lowest BCUT2D eigenvalue weighted by Crippen LogP contribution is -2.51. The third kappa shape index (κ3) is 4.69. The zero-order chi connectivity index (χ0) is 22.8. The van der Waals surface area contributed by atoms with Crippen molar-refractivity contribution in [3.8, 4) is 5.75 Å². The van der Waals surface area contributed by atoms with Gasteiger partial charge in [-0.15, -0.1) is 0 Å². The number of hydrogen-bond donors (Lipinski definition) is 1. The second-order valence-corrected chi connectivity index (χ2v) is 11.1. The van der Waals surface area contributed by atoms with Gasteiger partial charge in [-0.2, -0.15) is 4.31 Å². The molecule has 2 aliphatic rings. The molecule has 2 aromatic carbocycles. The van der Waals surface area contributed by atoms with Gasteiger partial charge in [0.15, 0.2) is 0 Å². The summed E-state index contributed by atoms with van der Waals surface area (Å²) in [6.07, 6.45) is 5.54. The molecule has 1 amide bonds. The first-order valence-electron chi connectivity index (χ1n) is 11.3. The second kappa shape index (κ2) is 9.24. The van der Waals surface area contributed by atoms with E-state index < -0.39 is 15.4 Å². The van der Waals surface area contributed by atoms with E-state index in [9.17, 15) is 13.2 Å². The lowest BCUT2D eigenvalue weighted by atomic mass is 9.82. The van der Waals surface area contributed by atoms with Gasteiger partial charge in [0, 0.05) is 19.6 Å². The molecule has 1 N–H and O–H groups in total. The summed E-state index contributed by atoms with van der Waals surface area (Å²) in [5.74, 6) is 0.619. The normalized spacial score (nSPS) is 21.6. The molecule has 2 aromatic rings. The van der Waals surface area contributed by atoms with Crippen molar-refractivity contribution in [3.05, 3.63) is 59.2 Å². The average Bonchev–Trinajstić information content (AvgIpc) is 2.82. The second-order valence-electron chi connectivity index (χ2n) is 9.17. The van der Waals surface area contributed by atoms with E-state index in [0.29, 0.717) is 30.8 Å². The zero-order valence-electron chi connectivity index (χ0n) is 18.9. The minimum absolute atomic E-state index is 0.120. The van der Waals surface area contributed by atoms with Crippen LogP contribution in [-0.2, 0) is 34.2 Å².